The van der Waals surface area contributed by atoms with Gasteiger partial charge in [0, 0.05) is 6.42 Å². The van der Waals surface area contributed by atoms with E-state index in [4.69, 9.17) is 0 Å². The summed E-state index contributed by atoms with van der Waals surface area (Å²) in [4.78, 5) is 22.2. The van der Waals surface area contributed by atoms with Crippen LogP contribution in [0.4, 0.5) is 0 Å². The molecule has 1 aliphatic rings. The van der Waals surface area contributed by atoms with E-state index in [2.05, 4.69) is 15.4 Å². The summed E-state index contributed by atoms with van der Waals surface area (Å²) in [5, 5.41) is 5.79. The Kier molecular flexibility index (Phi) is 7.93. The third-order valence-electron chi connectivity index (χ3n) is 2.59. The van der Waals surface area contributed by atoms with Crippen molar-refractivity contribution in [2.45, 2.75) is 19.3 Å². The van der Waals surface area contributed by atoms with Gasteiger partial charge in [-0.15, -0.1) is 12.4 Å². The van der Waals surface area contributed by atoms with Crippen molar-refractivity contribution in [3.05, 3.63) is 0 Å². The lowest BCUT2D eigenvalue weighted by molar-refractivity contribution is -0.141. The molecule has 0 spiro atoms. The zero-order valence-corrected chi connectivity index (χ0v) is 10.3. The van der Waals surface area contributed by atoms with Crippen LogP contribution in [-0.2, 0) is 14.3 Å². The second kappa shape index (κ2) is 8.35. The molecule has 0 saturated carbocycles. The zero-order valence-electron chi connectivity index (χ0n) is 9.45. The van der Waals surface area contributed by atoms with E-state index >= 15 is 0 Å². The Morgan fingerprint density at radius 1 is 1.38 bits per heavy atom. The molecule has 2 N–H and O–H groups in total. The highest BCUT2D eigenvalue weighted by atomic mass is 35.5. The second-order valence-corrected chi connectivity index (χ2v) is 3.75. The molecule has 0 unspecified atom stereocenters. The number of methoxy groups -OCH3 is 1. The number of ether oxygens (including phenoxy) is 1. The average molecular weight is 251 g/mol. The first-order chi connectivity index (χ1) is 7.22. The van der Waals surface area contributed by atoms with E-state index in [-0.39, 0.29) is 24.9 Å². The van der Waals surface area contributed by atoms with Crippen molar-refractivity contribution in [1.29, 1.82) is 0 Å². The van der Waals surface area contributed by atoms with Crippen molar-refractivity contribution < 1.29 is 14.3 Å². The van der Waals surface area contributed by atoms with Gasteiger partial charge in [0.25, 0.3) is 0 Å². The Morgan fingerprint density at radius 2 is 2.00 bits per heavy atom. The van der Waals surface area contributed by atoms with Gasteiger partial charge in [0.05, 0.1) is 7.11 Å². The molecule has 6 heteroatoms. The van der Waals surface area contributed by atoms with Crippen LogP contribution in [-0.4, -0.2) is 38.6 Å². The summed E-state index contributed by atoms with van der Waals surface area (Å²) in [6.07, 6.45) is 2.58. The van der Waals surface area contributed by atoms with Gasteiger partial charge in [-0.05, 0) is 31.8 Å². The van der Waals surface area contributed by atoms with Gasteiger partial charge >= 0.3 is 5.97 Å². The van der Waals surface area contributed by atoms with Gasteiger partial charge in [-0.3, -0.25) is 9.59 Å². The molecule has 0 radical (unpaired) electrons. The SMILES string of the molecule is COC(=O)CNC(=O)CC1CCNCC1.Cl. The molecule has 1 saturated heterocycles. The summed E-state index contributed by atoms with van der Waals surface area (Å²) in [6.45, 7) is 1.93. The summed E-state index contributed by atoms with van der Waals surface area (Å²) >= 11 is 0. The van der Waals surface area contributed by atoms with Crippen LogP contribution < -0.4 is 10.6 Å². The molecule has 0 aromatic rings. The first-order valence-electron chi connectivity index (χ1n) is 5.26. The Labute approximate surface area is 102 Å². The second-order valence-electron chi connectivity index (χ2n) is 3.75. The largest absolute Gasteiger partial charge is 0.468 e. The van der Waals surface area contributed by atoms with E-state index in [1.54, 1.807) is 0 Å². The molecule has 1 rings (SSSR count). The molecule has 0 aromatic heterocycles. The number of esters is 1. The lowest BCUT2D eigenvalue weighted by Gasteiger charge is -2.21. The zero-order chi connectivity index (χ0) is 11.1. The van der Waals surface area contributed by atoms with E-state index in [1.807, 2.05) is 0 Å². The van der Waals surface area contributed by atoms with Crippen LogP contribution in [0.5, 0.6) is 0 Å². The number of amides is 1. The summed E-state index contributed by atoms with van der Waals surface area (Å²) in [5.74, 6) is -0.0233. The van der Waals surface area contributed by atoms with Gasteiger partial charge in [-0.25, -0.2) is 0 Å². The quantitative estimate of drug-likeness (QED) is 0.694. The fraction of sp³-hybridized carbons (Fsp3) is 0.800. The summed E-state index contributed by atoms with van der Waals surface area (Å²) in [5.41, 5.74) is 0. The van der Waals surface area contributed by atoms with Gasteiger partial charge in [-0.2, -0.15) is 0 Å². The standard InChI is InChI=1S/C10H18N2O3.ClH/c1-15-10(14)7-12-9(13)6-8-2-4-11-5-3-8;/h8,11H,2-7H2,1H3,(H,12,13);1H. The van der Waals surface area contributed by atoms with Crippen LogP contribution in [0.1, 0.15) is 19.3 Å². The molecule has 0 atom stereocenters. The van der Waals surface area contributed by atoms with Gasteiger partial charge in [-0.1, -0.05) is 0 Å². The predicted molar refractivity (Wildman–Crippen MR) is 62.5 cm³/mol. The monoisotopic (exact) mass is 250 g/mol. The number of nitrogens with one attached hydrogen (secondary N) is 2. The van der Waals surface area contributed by atoms with Crippen molar-refractivity contribution in [2.24, 2.45) is 5.92 Å². The van der Waals surface area contributed by atoms with Crippen molar-refractivity contribution in [3.8, 4) is 0 Å². The predicted octanol–water partition coefficient (Wildman–Crippen LogP) is 0.0871. The van der Waals surface area contributed by atoms with E-state index in [1.165, 1.54) is 7.11 Å². The Balaban J connectivity index is 0.00000225. The number of hydrogen-bond acceptors (Lipinski definition) is 4. The first-order valence-corrected chi connectivity index (χ1v) is 5.26. The van der Waals surface area contributed by atoms with Crippen molar-refractivity contribution in [3.63, 3.8) is 0 Å². The Bertz CT molecular complexity index is 230. The maximum absolute atomic E-state index is 11.4. The van der Waals surface area contributed by atoms with Crippen molar-refractivity contribution in [2.75, 3.05) is 26.7 Å². The third kappa shape index (κ3) is 5.92. The molecule has 1 fully saturated rings. The maximum atomic E-state index is 11.4. The molecule has 0 aromatic carbocycles. The lowest BCUT2D eigenvalue weighted by Crippen LogP contribution is -2.34. The van der Waals surface area contributed by atoms with Gasteiger partial charge in [0.15, 0.2) is 0 Å². The number of hydrogen-bond donors (Lipinski definition) is 2. The van der Waals surface area contributed by atoms with Gasteiger partial charge in [0.2, 0.25) is 5.91 Å². The Hall–Kier alpha value is -0.810. The maximum Gasteiger partial charge on any atom is 0.325 e. The van der Waals surface area contributed by atoms with Crippen LogP contribution in [0.15, 0.2) is 0 Å². The summed E-state index contributed by atoms with van der Waals surface area (Å²) < 4.78 is 4.43. The van der Waals surface area contributed by atoms with Crippen LogP contribution in [0, 0.1) is 5.92 Å². The molecular weight excluding hydrogens is 232 g/mol. The van der Waals surface area contributed by atoms with Gasteiger partial charge < -0.3 is 15.4 Å². The number of carbonyl (C=O) groups excluding carboxylic acids is 2. The molecule has 0 aliphatic carbocycles. The lowest BCUT2D eigenvalue weighted by atomic mass is 9.94. The topological polar surface area (TPSA) is 67.4 Å². The molecule has 16 heavy (non-hydrogen) atoms. The van der Waals surface area contributed by atoms with Crippen LogP contribution in [0.3, 0.4) is 0 Å². The van der Waals surface area contributed by atoms with Crippen molar-refractivity contribution >= 4 is 24.3 Å². The van der Waals surface area contributed by atoms with E-state index < -0.39 is 5.97 Å². The molecule has 94 valence electrons. The fourth-order valence-electron chi connectivity index (χ4n) is 1.66. The van der Waals surface area contributed by atoms with E-state index in [0.717, 1.165) is 25.9 Å². The molecule has 1 aliphatic heterocycles. The first kappa shape index (κ1) is 15.2. The highest BCUT2D eigenvalue weighted by Gasteiger charge is 2.16. The molecule has 0 bridgehead atoms. The smallest absolute Gasteiger partial charge is 0.325 e. The Morgan fingerprint density at radius 3 is 2.56 bits per heavy atom. The summed E-state index contributed by atoms with van der Waals surface area (Å²) in [7, 11) is 1.31. The van der Waals surface area contributed by atoms with E-state index in [0.29, 0.717) is 12.3 Å². The molecular formula is C10H19ClN2O3. The van der Waals surface area contributed by atoms with Gasteiger partial charge in [0.1, 0.15) is 6.54 Å². The van der Waals surface area contributed by atoms with Crippen molar-refractivity contribution in [1.82, 2.24) is 10.6 Å². The minimum atomic E-state index is -0.409. The van der Waals surface area contributed by atoms with Crippen LogP contribution in [0.25, 0.3) is 0 Å². The van der Waals surface area contributed by atoms with Crippen LogP contribution >= 0.6 is 12.4 Å². The third-order valence-corrected chi connectivity index (χ3v) is 2.59. The minimum Gasteiger partial charge on any atom is -0.468 e. The molecule has 1 heterocycles. The molecule has 5 nitrogen and oxygen atoms in total. The highest BCUT2D eigenvalue weighted by molar-refractivity contribution is 5.85. The molecule has 1 amide bonds. The number of halogens is 1. The number of rotatable bonds is 4. The normalized spacial score (nSPS) is 16.1. The van der Waals surface area contributed by atoms with E-state index in [9.17, 15) is 9.59 Å². The number of carbonyl (C=O) groups is 2. The summed E-state index contributed by atoms with van der Waals surface area (Å²) in [6, 6.07) is 0. The van der Waals surface area contributed by atoms with Crippen LogP contribution in [0.2, 0.25) is 0 Å². The minimum absolute atomic E-state index is 0. The highest BCUT2D eigenvalue weighted by Crippen LogP contribution is 2.15. The number of piperidine rings is 1. The fourth-order valence-corrected chi connectivity index (χ4v) is 1.66. The average Bonchev–Trinajstić information content (AvgIpc) is 2.27.